The maximum absolute atomic E-state index is 11.2. The molecule has 0 spiro atoms. The number of esters is 1. The van der Waals surface area contributed by atoms with Gasteiger partial charge in [0.1, 0.15) is 6.10 Å². The Bertz CT molecular complexity index is 227. The lowest BCUT2D eigenvalue weighted by atomic mass is 10.1. The van der Waals surface area contributed by atoms with Gasteiger partial charge in [-0.2, -0.15) is 0 Å². The highest BCUT2D eigenvalue weighted by Gasteiger charge is 2.27. The third-order valence-electron chi connectivity index (χ3n) is 1.61. The molecule has 1 amide bonds. The van der Waals surface area contributed by atoms with Crippen molar-refractivity contribution in [3.8, 4) is 0 Å². The summed E-state index contributed by atoms with van der Waals surface area (Å²) in [6, 6.07) is -1.08. The van der Waals surface area contributed by atoms with E-state index in [9.17, 15) is 14.7 Å². The van der Waals surface area contributed by atoms with Crippen molar-refractivity contribution in [2.75, 3.05) is 6.61 Å². The number of aliphatic hydroxyl groups is 1. The molecule has 0 unspecified atom stereocenters. The molecule has 0 fully saturated rings. The number of hydrogen-bond donors (Lipinski definition) is 2. The Morgan fingerprint density at radius 3 is 2.64 bits per heavy atom. The molecule has 5 heteroatoms. The fourth-order valence-electron chi connectivity index (χ4n) is 0.878. The maximum Gasteiger partial charge on any atom is 0.331 e. The zero-order valence-corrected chi connectivity index (χ0v) is 8.32. The van der Waals surface area contributed by atoms with Gasteiger partial charge in [0.25, 0.3) is 0 Å². The van der Waals surface area contributed by atoms with E-state index >= 15 is 0 Å². The zero-order valence-electron chi connectivity index (χ0n) is 8.32. The fraction of sp³-hybridized carbons (Fsp3) is 0.556. The van der Waals surface area contributed by atoms with Gasteiger partial charge in [-0.25, -0.2) is 4.79 Å². The van der Waals surface area contributed by atoms with Gasteiger partial charge in [-0.15, -0.1) is 0 Å². The second kappa shape index (κ2) is 6.15. The van der Waals surface area contributed by atoms with Crippen LogP contribution in [0.3, 0.4) is 0 Å². The number of carbonyl (C=O) groups excluding carboxylic acids is 2. The molecule has 0 bridgehead atoms. The SMILES string of the molecule is C=C(C)[C@H](O)[C@@H](NC=O)C(=O)OCC. The number of amides is 1. The van der Waals surface area contributed by atoms with Crippen molar-refractivity contribution in [3.63, 3.8) is 0 Å². The van der Waals surface area contributed by atoms with E-state index in [1.807, 2.05) is 0 Å². The van der Waals surface area contributed by atoms with Crippen molar-refractivity contribution in [3.05, 3.63) is 12.2 Å². The number of ether oxygens (including phenoxy) is 1. The first-order valence-electron chi connectivity index (χ1n) is 4.24. The summed E-state index contributed by atoms with van der Waals surface area (Å²) in [4.78, 5) is 21.4. The van der Waals surface area contributed by atoms with Crippen molar-refractivity contribution in [1.82, 2.24) is 5.32 Å². The van der Waals surface area contributed by atoms with Crippen molar-refractivity contribution < 1.29 is 19.4 Å². The molecule has 0 aromatic rings. The summed E-state index contributed by atoms with van der Waals surface area (Å²) >= 11 is 0. The third kappa shape index (κ3) is 3.57. The van der Waals surface area contributed by atoms with Crippen LogP contribution in [-0.4, -0.2) is 36.2 Å². The predicted molar refractivity (Wildman–Crippen MR) is 50.4 cm³/mol. The molecule has 0 aliphatic heterocycles. The Labute approximate surface area is 82.7 Å². The van der Waals surface area contributed by atoms with E-state index in [0.717, 1.165) is 0 Å². The molecule has 2 atom stereocenters. The number of nitrogens with one attached hydrogen (secondary N) is 1. The van der Waals surface area contributed by atoms with E-state index in [1.54, 1.807) is 13.8 Å². The zero-order chi connectivity index (χ0) is 11.1. The summed E-state index contributed by atoms with van der Waals surface area (Å²) in [5.41, 5.74) is 0.386. The average Bonchev–Trinajstić information content (AvgIpc) is 2.13. The molecule has 0 aromatic heterocycles. The molecule has 80 valence electrons. The van der Waals surface area contributed by atoms with Crippen molar-refractivity contribution >= 4 is 12.4 Å². The van der Waals surface area contributed by atoms with Gasteiger partial charge >= 0.3 is 5.97 Å². The fourth-order valence-corrected chi connectivity index (χ4v) is 0.878. The molecule has 0 rings (SSSR count). The van der Waals surface area contributed by atoms with E-state index in [4.69, 9.17) is 0 Å². The van der Waals surface area contributed by atoms with E-state index in [1.165, 1.54) is 0 Å². The van der Waals surface area contributed by atoms with Crippen LogP contribution in [0.1, 0.15) is 13.8 Å². The number of rotatable bonds is 6. The van der Waals surface area contributed by atoms with Crippen LogP contribution in [0, 0.1) is 0 Å². The van der Waals surface area contributed by atoms with E-state index in [0.29, 0.717) is 12.0 Å². The first kappa shape index (κ1) is 12.6. The second-order valence-electron chi connectivity index (χ2n) is 2.81. The van der Waals surface area contributed by atoms with Crippen LogP contribution in [0.15, 0.2) is 12.2 Å². The Hall–Kier alpha value is -1.36. The topological polar surface area (TPSA) is 75.6 Å². The molecule has 5 nitrogen and oxygen atoms in total. The largest absolute Gasteiger partial charge is 0.464 e. The predicted octanol–water partition coefficient (Wildman–Crippen LogP) is -0.399. The Balaban J connectivity index is 4.48. The highest BCUT2D eigenvalue weighted by Crippen LogP contribution is 2.05. The lowest BCUT2D eigenvalue weighted by Crippen LogP contribution is -2.46. The van der Waals surface area contributed by atoms with E-state index in [-0.39, 0.29) is 6.61 Å². The molecule has 0 aliphatic rings. The lowest BCUT2D eigenvalue weighted by molar-refractivity contribution is -0.149. The summed E-state index contributed by atoms with van der Waals surface area (Å²) < 4.78 is 4.67. The minimum absolute atomic E-state index is 0.193. The quantitative estimate of drug-likeness (QED) is 0.348. The Morgan fingerprint density at radius 1 is 1.71 bits per heavy atom. The van der Waals surface area contributed by atoms with Crippen molar-refractivity contribution in [1.29, 1.82) is 0 Å². The summed E-state index contributed by atoms with van der Waals surface area (Å²) in [6.45, 7) is 6.88. The van der Waals surface area contributed by atoms with Crippen LogP contribution in [0.5, 0.6) is 0 Å². The molecule has 0 radical (unpaired) electrons. The smallest absolute Gasteiger partial charge is 0.331 e. The van der Waals surface area contributed by atoms with Gasteiger partial charge in [0.15, 0.2) is 6.04 Å². The van der Waals surface area contributed by atoms with Gasteiger partial charge in [-0.05, 0) is 19.4 Å². The van der Waals surface area contributed by atoms with E-state index < -0.39 is 18.1 Å². The minimum atomic E-state index is -1.13. The third-order valence-corrected chi connectivity index (χ3v) is 1.61. The van der Waals surface area contributed by atoms with Gasteiger partial charge in [-0.1, -0.05) is 6.58 Å². The molecule has 0 saturated heterocycles. The summed E-state index contributed by atoms with van der Waals surface area (Å²) in [7, 11) is 0. The second-order valence-corrected chi connectivity index (χ2v) is 2.81. The first-order valence-corrected chi connectivity index (χ1v) is 4.24. The standard InChI is InChI=1S/C9H15NO4/c1-4-14-9(13)7(10-5-11)8(12)6(2)3/h5,7-8,12H,2,4H2,1,3H3,(H,10,11)/t7-,8+/m1/s1. The number of aliphatic hydroxyl groups excluding tert-OH is 1. The molecular weight excluding hydrogens is 186 g/mol. The van der Waals surface area contributed by atoms with Crippen LogP contribution in [0.4, 0.5) is 0 Å². The van der Waals surface area contributed by atoms with Crippen LogP contribution in [-0.2, 0) is 14.3 Å². The molecule has 0 heterocycles. The summed E-state index contributed by atoms with van der Waals surface area (Å²) in [5.74, 6) is -0.671. The van der Waals surface area contributed by atoms with Crippen LogP contribution >= 0.6 is 0 Å². The Kier molecular flexibility index (Phi) is 5.55. The molecule has 2 N–H and O–H groups in total. The molecule has 0 aromatic carbocycles. The maximum atomic E-state index is 11.2. The van der Waals surface area contributed by atoms with Crippen molar-refractivity contribution in [2.45, 2.75) is 26.0 Å². The Morgan fingerprint density at radius 2 is 2.29 bits per heavy atom. The number of carbonyl (C=O) groups is 2. The van der Waals surface area contributed by atoms with Crippen LogP contribution in [0.2, 0.25) is 0 Å². The molecule has 0 saturated carbocycles. The normalized spacial score (nSPS) is 13.9. The van der Waals surface area contributed by atoms with Gasteiger partial charge in [0.05, 0.1) is 6.61 Å². The molecule has 14 heavy (non-hydrogen) atoms. The highest BCUT2D eigenvalue weighted by molar-refractivity contribution is 5.79. The molecule has 0 aliphatic carbocycles. The van der Waals surface area contributed by atoms with Gasteiger partial charge < -0.3 is 15.2 Å². The van der Waals surface area contributed by atoms with Crippen LogP contribution < -0.4 is 5.32 Å². The highest BCUT2D eigenvalue weighted by atomic mass is 16.5. The van der Waals surface area contributed by atoms with Gasteiger partial charge in [-0.3, -0.25) is 4.79 Å². The first-order chi connectivity index (χ1) is 6.54. The molecular formula is C9H15NO4. The number of hydrogen-bond acceptors (Lipinski definition) is 4. The minimum Gasteiger partial charge on any atom is -0.464 e. The summed E-state index contributed by atoms with van der Waals surface area (Å²) in [6.07, 6.45) is -0.785. The van der Waals surface area contributed by atoms with Crippen molar-refractivity contribution in [2.24, 2.45) is 0 Å². The monoisotopic (exact) mass is 201 g/mol. The average molecular weight is 201 g/mol. The van der Waals surface area contributed by atoms with Gasteiger partial charge in [0, 0.05) is 0 Å². The van der Waals surface area contributed by atoms with E-state index in [2.05, 4.69) is 16.6 Å². The lowest BCUT2D eigenvalue weighted by Gasteiger charge is -2.20. The van der Waals surface area contributed by atoms with Gasteiger partial charge in [0.2, 0.25) is 6.41 Å². The summed E-state index contributed by atoms with van der Waals surface area (Å²) in [5, 5.41) is 11.7. The van der Waals surface area contributed by atoms with Crippen LogP contribution in [0.25, 0.3) is 0 Å².